The lowest BCUT2D eigenvalue weighted by molar-refractivity contribution is 0.100. The van der Waals surface area contributed by atoms with Crippen LogP contribution in [0.15, 0.2) is 47.7 Å². The molecule has 7 nitrogen and oxygen atoms in total. The third-order valence-corrected chi connectivity index (χ3v) is 4.06. The first-order chi connectivity index (χ1) is 11.6. The Bertz CT molecular complexity index is 966. The lowest BCUT2D eigenvalue weighted by Gasteiger charge is -2.09. The molecule has 2 aromatic heterocycles. The van der Waals surface area contributed by atoms with Crippen molar-refractivity contribution in [2.24, 2.45) is 16.5 Å². The summed E-state index contributed by atoms with van der Waals surface area (Å²) in [6.07, 6.45) is 5.36. The van der Waals surface area contributed by atoms with Crippen molar-refractivity contribution in [2.75, 3.05) is 0 Å². The molecule has 2 heterocycles. The number of benzene rings is 1. The fourth-order valence-corrected chi connectivity index (χ4v) is 2.85. The molecule has 0 aliphatic heterocycles. The summed E-state index contributed by atoms with van der Waals surface area (Å²) < 4.78 is 1.81. The third kappa shape index (κ3) is 2.50. The van der Waals surface area contributed by atoms with Crippen LogP contribution in [-0.2, 0) is 0 Å². The zero-order valence-corrected chi connectivity index (χ0v) is 12.9. The molecule has 1 amide bonds. The average molecular weight is 320 g/mol. The molecule has 1 aromatic carbocycles. The summed E-state index contributed by atoms with van der Waals surface area (Å²) in [5, 5.41) is 5.43. The van der Waals surface area contributed by atoms with Crippen LogP contribution in [0.2, 0.25) is 0 Å². The van der Waals surface area contributed by atoms with E-state index >= 15 is 0 Å². The van der Waals surface area contributed by atoms with E-state index in [2.05, 4.69) is 15.1 Å². The van der Waals surface area contributed by atoms with Crippen LogP contribution in [0, 0.1) is 0 Å². The SMILES string of the molecule is NC(N)=NC(=O)c1cnn(-c2ccc3ncccc3c2)c1C1CC1. The fourth-order valence-electron chi connectivity index (χ4n) is 2.85. The topological polar surface area (TPSA) is 112 Å². The lowest BCUT2D eigenvalue weighted by atomic mass is 10.1. The largest absolute Gasteiger partial charge is 0.370 e. The van der Waals surface area contributed by atoms with Gasteiger partial charge in [-0.05, 0) is 37.1 Å². The highest BCUT2D eigenvalue weighted by atomic mass is 16.1. The number of hydrogen-bond donors (Lipinski definition) is 2. The third-order valence-electron chi connectivity index (χ3n) is 4.06. The second-order valence-corrected chi connectivity index (χ2v) is 5.85. The number of carbonyl (C=O) groups excluding carboxylic acids is 1. The minimum absolute atomic E-state index is 0.244. The van der Waals surface area contributed by atoms with Crippen molar-refractivity contribution in [2.45, 2.75) is 18.8 Å². The first-order valence-electron chi connectivity index (χ1n) is 7.70. The van der Waals surface area contributed by atoms with Gasteiger partial charge in [-0.1, -0.05) is 6.07 Å². The minimum Gasteiger partial charge on any atom is -0.370 e. The average Bonchev–Trinajstić information content (AvgIpc) is 3.31. The molecule has 0 saturated heterocycles. The van der Waals surface area contributed by atoms with Gasteiger partial charge in [0, 0.05) is 17.5 Å². The van der Waals surface area contributed by atoms with Crippen LogP contribution in [0.5, 0.6) is 0 Å². The van der Waals surface area contributed by atoms with Gasteiger partial charge in [-0.3, -0.25) is 9.78 Å². The number of amides is 1. The van der Waals surface area contributed by atoms with Crippen molar-refractivity contribution in [3.05, 3.63) is 54.0 Å². The van der Waals surface area contributed by atoms with Crippen molar-refractivity contribution in [1.82, 2.24) is 14.8 Å². The molecule has 0 unspecified atom stereocenters. The highest BCUT2D eigenvalue weighted by Crippen LogP contribution is 2.42. The maximum absolute atomic E-state index is 12.3. The molecular weight excluding hydrogens is 304 g/mol. The van der Waals surface area contributed by atoms with Gasteiger partial charge in [0.15, 0.2) is 5.96 Å². The molecule has 120 valence electrons. The first kappa shape index (κ1) is 14.4. The maximum Gasteiger partial charge on any atom is 0.283 e. The second kappa shape index (κ2) is 5.45. The van der Waals surface area contributed by atoms with Crippen LogP contribution in [0.25, 0.3) is 16.6 Å². The van der Waals surface area contributed by atoms with Crippen LogP contribution in [0.3, 0.4) is 0 Å². The molecule has 1 fully saturated rings. The van der Waals surface area contributed by atoms with Crippen molar-refractivity contribution >= 4 is 22.8 Å². The smallest absolute Gasteiger partial charge is 0.283 e. The number of pyridine rings is 1. The Hall–Kier alpha value is -3.22. The lowest BCUT2D eigenvalue weighted by Crippen LogP contribution is -2.24. The molecule has 1 saturated carbocycles. The van der Waals surface area contributed by atoms with Gasteiger partial charge in [0.25, 0.3) is 5.91 Å². The molecule has 4 N–H and O–H groups in total. The first-order valence-corrected chi connectivity index (χ1v) is 7.70. The number of aliphatic imine (C=N–C) groups is 1. The summed E-state index contributed by atoms with van der Waals surface area (Å²) in [4.78, 5) is 20.2. The van der Waals surface area contributed by atoms with E-state index in [1.807, 2.05) is 30.3 Å². The van der Waals surface area contributed by atoms with Gasteiger partial charge in [-0.25, -0.2) is 4.68 Å². The van der Waals surface area contributed by atoms with E-state index < -0.39 is 5.91 Å². The standard InChI is InChI=1S/C17H16N6O/c18-17(19)22-16(24)13-9-21-23(15(13)10-3-4-10)12-5-6-14-11(8-12)2-1-7-20-14/h1-2,5-10H,3-4H2,(H4,18,19,22,24). The number of aromatic nitrogens is 3. The number of nitrogens with two attached hydrogens (primary N) is 2. The summed E-state index contributed by atoms with van der Waals surface area (Å²) in [6, 6.07) is 9.79. The molecule has 1 aliphatic carbocycles. The predicted molar refractivity (Wildman–Crippen MR) is 91.0 cm³/mol. The van der Waals surface area contributed by atoms with Gasteiger partial charge in [0.1, 0.15) is 0 Å². The van der Waals surface area contributed by atoms with Crippen LogP contribution in [0.1, 0.15) is 34.8 Å². The molecule has 7 heteroatoms. The molecule has 0 atom stereocenters. The van der Waals surface area contributed by atoms with Gasteiger partial charge in [0.05, 0.1) is 28.7 Å². The van der Waals surface area contributed by atoms with Crippen LogP contribution < -0.4 is 11.5 Å². The number of rotatable bonds is 3. The van der Waals surface area contributed by atoms with Crippen molar-refractivity contribution in [3.63, 3.8) is 0 Å². The minimum atomic E-state index is -0.453. The maximum atomic E-state index is 12.3. The zero-order chi connectivity index (χ0) is 16.7. The van der Waals surface area contributed by atoms with Gasteiger partial charge in [0.2, 0.25) is 0 Å². The normalized spacial score (nSPS) is 13.8. The van der Waals surface area contributed by atoms with E-state index in [-0.39, 0.29) is 5.96 Å². The van der Waals surface area contributed by atoms with Gasteiger partial charge in [-0.2, -0.15) is 10.1 Å². The van der Waals surface area contributed by atoms with E-state index in [1.165, 1.54) is 6.20 Å². The Kier molecular flexibility index (Phi) is 3.26. The number of guanidine groups is 1. The summed E-state index contributed by atoms with van der Waals surface area (Å²) >= 11 is 0. The second-order valence-electron chi connectivity index (χ2n) is 5.85. The van der Waals surface area contributed by atoms with Crippen LogP contribution >= 0.6 is 0 Å². The van der Waals surface area contributed by atoms with Crippen molar-refractivity contribution in [3.8, 4) is 5.69 Å². The molecule has 0 spiro atoms. The summed E-state index contributed by atoms with van der Waals surface area (Å²) in [6.45, 7) is 0. The number of fused-ring (bicyclic) bond motifs is 1. The molecule has 4 rings (SSSR count). The molecular formula is C17H16N6O. The Morgan fingerprint density at radius 3 is 2.83 bits per heavy atom. The van der Waals surface area contributed by atoms with Crippen LogP contribution in [-0.4, -0.2) is 26.6 Å². The fraction of sp³-hybridized carbons (Fsp3) is 0.176. The molecule has 3 aromatic rings. The Balaban J connectivity index is 1.84. The Labute approximate surface area is 138 Å². The van der Waals surface area contributed by atoms with E-state index in [0.717, 1.165) is 35.1 Å². The molecule has 24 heavy (non-hydrogen) atoms. The molecule has 1 aliphatic rings. The van der Waals surface area contributed by atoms with E-state index in [9.17, 15) is 4.79 Å². The van der Waals surface area contributed by atoms with Gasteiger partial charge < -0.3 is 11.5 Å². The molecule has 0 radical (unpaired) electrons. The summed E-state index contributed by atoms with van der Waals surface area (Å²) in [7, 11) is 0. The van der Waals surface area contributed by atoms with E-state index in [1.54, 1.807) is 10.9 Å². The van der Waals surface area contributed by atoms with Gasteiger partial charge >= 0.3 is 0 Å². The number of nitrogens with zero attached hydrogens (tertiary/aromatic N) is 4. The Morgan fingerprint density at radius 2 is 2.08 bits per heavy atom. The van der Waals surface area contributed by atoms with E-state index in [0.29, 0.717) is 11.5 Å². The Morgan fingerprint density at radius 1 is 1.25 bits per heavy atom. The highest BCUT2D eigenvalue weighted by Gasteiger charge is 2.33. The highest BCUT2D eigenvalue weighted by molar-refractivity contribution is 6.02. The zero-order valence-electron chi connectivity index (χ0n) is 12.9. The van der Waals surface area contributed by atoms with Crippen molar-refractivity contribution in [1.29, 1.82) is 0 Å². The number of hydrogen-bond acceptors (Lipinski definition) is 3. The molecule has 0 bridgehead atoms. The van der Waals surface area contributed by atoms with Crippen LogP contribution in [0.4, 0.5) is 0 Å². The summed E-state index contributed by atoms with van der Waals surface area (Å²) in [5.74, 6) is -0.387. The van der Waals surface area contributed by atoms with Gasteiger partial charge in [-0.15, -0.1) is 0 Å². The quantitative estimate of drug-likeness (QED) is 0.563. The van der Waals surface area contributed by atoms with Crippen molar-refractivity contribution < 1.29 is 4.79 Å². The number of carbonyl (C=O) groups is 1. The monoisotopic (exact) mass is 320 g/mol. The predicted octanol–water partition coefficient (Wildman–Crippen LogP) is 1.71. The summed E-state index contributed by atoms with van der Waals surface area (Å²) in [5.41, 5.74) is 13.8. The van der Waals surface area contributed by atoms with E-state index in [4.69, 9.17) is 11.5 Å².